The monoisotopic (exact) mass is 735 g/mol. The molecule has 7 heterocycles. The van der Waals surface area contributed by atoms with Crippen LogP contribution >= 0.6 is 0 Å². The summed E-state index contributed by atoms with van der Waals surface area (Å²) >= 11 is 0. The Labute approximate surface area is 314 Å². The van der Waals surface area contributed by atoms with Crippen LogP contribution in [0.4, 0.5) is 11.6 Å². The van der Waals surface area contributed by atoms with Crippen molar-refractivity contribution < 1.29 is 19.1 Å². The Balaban J connectivity index is 0.755. The van der Waals surface area contributed by atoms with Gasteiger partial charge in [0, 0.05) is 74.7 Å². The molecule has 284 valence electrons. The molecule has 1 aliphatic carbocycles. The number of carbonyl (C=O) groups excluding carboxylic acids is 3. The van der Waals surface area contributed by atoms with Gasteiger partial charge in [0.1, 0.15) is 11.7 Å². The van der Waals surface area contributed by atoms with Gasteiger partial charge in [-0.3, -0.25) is 24.8 Å². The Kier molecular flexibility index (Phi) is 8.78. The number of rotatable bonds is 9. The zero-order valence-corrected chi connectivity index (χ0v) is 31.3. The van der Waals surface area contributed by atoms with E-state index in [1.165, 1.54) is 25.7 Å². The Bertz CT molecular complexity index is 2060. The lowest BCUT2D eigenvalue weighted by molar-refractivity contribution is -0.136. The first-order valence-corrected chi connectivity index (χ1v) is 19.5. The summed E-state index contributed by atoms with van der Waals surface area (Å²) in [5, 5.41) is 17.8. The summed E-state index contributed by atoms with van der Waals surface area (Å²) in [5.74, 6) is 1.59. The van der Waals surface area contributed by atoms with E-state index in [4.69, 9.17) is 14.8 Å². The standard InChI is InChI=1S/C39H49N11O4/c1-23(2)54-37-34(27-17-41-42-18-27)40-19-32-44-38(46-50(32)37)43-30-8-11-47(20-24(30)3)21-25-15-39(16-25)9-12-48(13-10-39)28-4-5-29-26(14-28)22-49(36(29)53)31-6-7-33(51)45-35(31)52/h4-5,14,17-19,23-25,30-31H,6-13,15-16,20-22H2,1-3H3,(H,41,42)(H,43,46)(H,45,51,52)/t24-,30+,31?/m1/s1. The molecule has 3 amide bonds. The minimum absolute atomic E-state index is 0.0566. The van der Waals surface area contributed by atoms with Crippen LogP contribution in [-0.2, 0) is 16.1 Å². The molecule has 15 nitrogen and oxygen atoms in total. The molecule has 1 aromatic carbocycles. The van der Waals surface area contributed by atoms with Crippen LogP contribution in [0.25, 0.3) is 16.9 Å². The highest BCUT2D eigenvalue weighted by Crippen LogP contribution is 2.53. The third-order valence-corrected chi connectivity index (χ3v) is 12.4. The number of piperidine rings is 3. The van der Waals surface area contributed by atoms with Crippen molar-refractivity contribution >= 4 is 35.0 Å². The predicted octanol–water partition coefficient (Wildman–Crippen LogP) is 3.88. The molecular formula is C39H49N11O4. The van der Waals surface area contributed by atoms with Gasteiger partial charge in [0.15, 0.2) is 5.65 Å². The van der Waals surface area contributed by atoms with Gasteiger partial charge in [0.2, 0.25) is 23.6 Å². The van der Waals surface area contributed by atoms with Crippen LogP contribution in [0.1, 0.15) is 81.6 Å². The summed E-state index contributed by atoms with van der Waals surface area (Å²) in [5.41, 5.74) is 5.38. The first-order valence-electron chi connectivity index (χ1n) is 19.5. The number of fused-ring (bicyclic) bond motifs is 2. The number of carbonyl (C=O) groups is 3. The van der Waals surface area contributed by atoms with Crippen molar-refractivity contribution in [2.75, 3.05) is 42.9 Å². The van der Waals surface area contributed by atoms with Crippen LogP contribution in [-0.4, -0.2) is 108 Å². The van der Waals surface area contributed by atoms with Gasteiger partial charge in [0.05, 0.1) is 18.5 Å². The molecule has 3 atom stereocenters. The molecule has 15 heteroatoms. The Morgan fingerprint density at radius 1 is 1.07 bits per heavy atom. The summed E-state index contributed by atoms with van der Waals surface area (Å²) in [6.07, 6.45) is 11.9. The van der Waals surface area contributed by atoms with Gasteiger partial charge >= 0.3 is 0 Å². The fraction of sp³-hybridized carbons (Fsp3) is 0.564. The average Bonchev–Trinajstić information content (AvgIpc) is 3.89. The molecule has 3 saturated heterocycles. The largest absolute Gasteiger partial charge is 0.473 e. The summed E-state index contributed by atoms with van der Waals surface area (Å²) in [7, 11) is 0. The number of nitrogens with zero attached hydrogens (tertiary/aromatic N) is 8. The van der Waals surface area contributed by atoms with E-state index in [9.17, 15) is 14.4 Å². The van der Waals surface area contributed by atoms with Crippen LogP contribution in [0.15, 0.2) is 36.8 Å². The highest BCUT2D eigenvalue weighted by molar-refractivity contribution is 6.05. The number of ether oxygens (including phenoxy) is 1. The number of aromatic nitrogens is 6. The lowest BCUT2D eigenvalue weighted by atomic mass is 9.57. The second-order valence-corrected chi connectivity index (χ2v) is 16.6. The summed E-state index contributed by atoms with van der Waals surface area (Å²) < 4.78 is 7.91. The van der Waals surface area contributed by atoms with Crippen LogP contribution < -0.4 is 20.3 Å². The average molecular weight is 736 g/mol. The number of hydrogen-bond donors (Lipinski definition) is 3. The molecule has 1 spiro atoms. The summed E-state index contributed by atoms with van der Waals surface area (Å²) in [6.45, 7) is 12.0. The van der Waals surface area contributed by atoms with Gasteiger partial charge < -0.3 is 24.8 Å². The smallest absolute Gasteiger partial charge is 0.255 e. The first-order chi connectivity index (χ1) is 26.1. The number of likely N-dealkylation sites (tertiary alicyclic amines) is 1. The van der Waals surface area contributed by atoms with Gasteiger partial charge in [-0.15, -0.1) is 5.10 Å². The normalized spacial score (nSPS) is 24.7. The molecule has 3 N–H and O–H groups in total. The summed E-state index contributed by atoms with van der Waals surface area (Å²) in [4.78, 5) is 53.4. The van der Waals surface area contributed by atoms with E-state index in [0.717, 1.165) is 61.9 Å². The highest BCUT2D eigenvalue weighted by atomic mass is 16.5. The Morgan fingerprint density at radius 3 is 2.65 bits per heavy atom. The lowest BCUT2D eigenvalue weighted by Crippen LogP contribution is -2.52. The molecule has 4 fully saturated rings. The van der Waals surface area contributed by atoms with Gasteiger partial charge in [-0.25, -0.2) is 4.98 Å². The van der Waals surface area contributed by atoms with E-state index in [1.54, 1.807) is 28.0 Å². The third kappa shape index (κ3) is 6.45. The van der Waals surface area contributed by atoms with Crippen molar-refractivity contribution in [2.45, 2.75) is 90.4 Å². The van der Waals surface area contributed by atoms with Crippen LogP contribution in [0, 0.1) is 17.3 Å². The van der Waals surface area contributed by atoms with Crippen molar-refractivity contribution in [3.05, 3.63) is 47.9 Å². The van der Waals surface area contributed by atoms with Crippen molar-refractivity contribution in [3.63, 3.8) is 0 Å². The number of benzene rings is 1. The predicted molar refractivity (Wildman–Crippen MR) is 201 cm³/mol. The molecule has 0 bridgehead atoms. The zero-order valence-electron chi connectivity index (χ0n) is 31.3. The van der Waals surface area contributed by atoms with Crippen molar-refractivity contribution in [1.82, 2.24) is 44.9 Å². The molecule has 4 aromatic rings. The molecule has 1 unspecified atom stereocenters. The van der Waals surface area contributed by atoms with E-state index in [2.05, 4.69) is 54.7 Å². The van der Waals surface area contributed by atoms with E-state index < -0.39 is 6.04 Å². The van der Waals surface area contributed by atoms with Crippen LogP contribution in [0.3, 0.4) is 0 Å². The highest BCUT2D eigenvalue weighted by Gasteiger charge is 2.47. The van der Waals surface area contributed by atoms with Gasteiger partial charge in [0.25, 0.3) is 5.91 Å². The van der Waals surface area contributed by atoms with Crippen molar-refractivity contribution in [2.24, 2.45) is 17.3 Å². The van der Waals surface area contributed by atoms with E-state index >= 15 is 0 Å². The first kappa shape index (κ1) is 34.7. The number of amides is 3. The molecule has 4 aliphatic heterocycles. The molecule has 1 saturated carbocycles. The second-order valence-electron chi connectivity index (χ2n) is 16.6. The summed E-state index contributed by atoms with van der Waals surface area (Å²) in [6, 6.07) is 5.82. The minimum Gasteiger partial charge on any atom is -0.473 e. The Hall–Kier alpha value is -5.05. The SMILES string of the molecule is CC(C)Oc1c(-c2cn[nH]c2)ncc2nc(N[C@H]3CCN(CC4CC5(CCN(c6ccc7c(c6)CN(C6CCC(=O)NC6=O)C7=O)CC5)C4)C[C@H]3C)nn12. The minimum atomic E-state index is -0.584. The second kappa shape index (κ2) is 13.7. The lowest BCUT2D eigenvalue weighted by Gasteiger charge is -2.54. The number of H-pyrrole nitrogens is 1. The quantitative estimate of drug-likeness (QED) is 0.214. The third-order valence-electron chi connectivity index (χ3n) is 12.4. The fourth-order valence-electron chi connectivity index (χ4n) is 9.65. The molecule has 0 radical (unpaired) electrons. The topological polar surface area (TPSA) is 166 Å². The molecular weight excluding hydrogens is 687 g/mol. The fourth-order valence-corrected chi connectivity index (χ4v) is 9.65. The zero-order chi connectivity index (χ0) is 37.1. The number of hydrogen-bond acceptors (Lipinski definition) is 11. The van der Waals surface area contributed by atoms with Gasteiger partial charge in [-0.05, 0) is 93.4 Å². The number of anilines is 2. The molecule has 3 aromatic heterocycles. The maximum Gasteiger partial charge on any atom is 0.255 e. The number of nitrogens with one attached hydrogen (secondary N) is 3. The molecule has 5 aliphatic rings. The van der Waals surface area contributed by atoms with Crippen molar-refractivity contribution in [3.8, 4) is 17.1 Å². The molecule has 9 rings (SSSR count). The van der Waals surface area contributed by atoms with E-state index in [1.807, 2.05) is 19.9 Å². The number of aromatic amines is 1. The van der Waals surface area contributed by atoms with E-state index in [0.29, 0.717) is 53.0 Å². The van der Waals surface area contributed by atoms with Gasteiger partial charge in [-0.2, -0.15) is 14.6 Å². The maximum absolute atomic E-state index is 13.2. The molecule has 54 heavy (non-hydrogen) atoms. The van der Waals surface area contributed by atoms with Gasteiger partial charge in [-0.1, -0.05) is 6.92 Å². The van der Waals surface area contributed by atoms with Crippen LogP contribution in [0.5, 0.6) is 5.88 Å². The van der Waals surface area contributed by atoms with E-state index in [-0.39, 0.29) is 36.3 Å². The Morgan fingerprint density at radius 2 is 1.91 bits per heavy atom. The number of imide groups is 1. The van der Waals surface area contributed by atoms with Crippen LogP contribution in [0.2, 0.25) is 0 Å². The van der Waals surface area contributed by atoms with Crippen molar-refractivity contribution in [1.29, 1.82) is 0 Å². The maximum atomic E-state index is 13.2.